The fourth-order valence-corrected chi connectivity index (χ4v) is 2.55. The third-order valence-electron chi connectivity index (χ3n) is 3.59. The predicted octanol–water partition coefficient (Wildman–Crippen LogP) is 3.20. The smallest absolute Gasteiger partial charge is 0.256 e. The minimum Gasteiger partial charge on any atom is -0.475 e. The van der Waals surface area contributed by atoms with E-state index in [1.807, 2.05) is 20.8 Å². The number of pyridine rings is 1. The summed E-state index contributed by atoms with van der Waals surface area (Å²) in [6.07, 6.45) is 0.650. The van der Waals surface area contributed by atoms with Gasteiger partial charge in [-0.15, -0.1) is 0 Å². The van der Waals surface area contributed by atoms with Gasteiger partial charge in [0.25, 0.3) is 5.91 Å². The molecule has 0 spiro atoms. The second kappa shape index (κ2) is 9.59. The van der Waals surface area contributed by atoms with Crippen LogP contribution in [0.5, 0.6) is 5.88 Å². The largest absolute Gasteiger partial charge is 0.475 e. The zero-order valence-corrected chi connectivity index (χ0v) is 15.6. The van der Waals surface area contributed by atoms with Crippen molar-refractivity contribution in [2.75, 3.05) is 32.2 Å². The van der Waals surface area contributed by atoms with Gasteiger partial charge in [-0.05, 0) is 39.2 Å². The molecule has 1 atom stereocenters. The number of carbonyl (C=O) groups is 1. The maximum absolute atomic E-state index is 12.7. The molecule has 0 fully saturated rings. The Morgan fingerprint density at radius 2 is 2.04 bits per heavy atom. The molecule has 6 nitrogen and oxygen atoms in total. The SMILES string of the molecule is CCO[C@@](C)(CC(C)C)C(=O)Nc1ccc(OCCOC)nc1C. The summed E-state index contributed by atoms with van der Waals surface area (Å²) in [6.45, 7) is 11.1. The highest BCUT2D eigenvalue weighted by atomic mass is 16.5. The highest BCUT2D eigenvalue weighted by Crippen LogP contribution is 2.25. The summed E-state index contributed by atoms with van der Waals surface area (Å²) in [6, 6.07) is 3.53. The van der Waals surface area contributed by atoms with Gasteiger partial charge in [0.2, 0.25) is 5.88 Å². The minimum absolute atomic E-state index is 0.156. The number of aryl methyl sites for hydroxylation is 1. The Morgan fingerprint density at radius 3 is 2.58 bits per heavy atom. The number of hydrogen-bond acceptors (Lipinski definition) is 5. The predicted molar refractivity (Wildman–Crippen MR) is 94.5 cm³/mol. The molecule has 1 heterocycles. The zero-order valence-electron chi connectivity index (χ0n) is 15.6. The van der Waals surface area contributed by atoms with E-state index in [0.29, 0.717) is 49.4 Å². The van der Waals surface area contributed by atoms with Crippen LogP contribution in [0.25, 0.3) is 0 Å². The van der Waals surface area contributed by atoms with Crippen LogP contribution >= 0.6 is 0 Å². The lowest BCUT2D eigenvalue weighted by atomic mass is 9.93. The Bertz CT molecular complexity index is 534. The fourth-order valence-electron chi connectivity index (χ4n) is 2.55. The Balaban J connectivity index is 2.81. The number of carbonyl (C=O) groups excluding carboxylic acids is 1. The number of ether oxygens (including phenoxy) is 3. The van der Waals surface area contributed by atoms with Gasteiger partial charge in [0, 0.05) is 19.8 Å². The average molecular weight is 338 g/mol. The summed E-state index contributed by atoms with van der Waals surface area (Å²) < 4.78 is 16.1. The molecule has 24 heavy (non-hydrogen) atoms. The number of hydrogen-bond donors (Lipinski definition) is 1. The molecule has 0 aliphatic heterocycles. The van der Waals surface area contributed by atoms with Crippen LogP contribution in [0.4, 0.5) is 5.69 Å². The van der Waals surface area contributed by atoms with Crippen molar-refractivity contribution in [3.63, 3.8) is 0 Å². The highest BCUT2D eigenvalue weighted by Gasteiger charge is 2.35. The lowest BCUT2D eigenvalue weighted by Crippen LogP contribution is -2.44. The van der Waals surface area contributed by atoms with Crippen LogP contribution in [-0.2, 0) is 14.3 Å². The maximum atomic E-state index is 12.7. The molecule has 0 aliphatic rings. The van der Waals surface area contributed by atoms with E-state index < -0.39 is 5.60 Å². The molecule has 0 saturated heterocycles. The summed E-state index contributed by atoms with van der Waals surface area (Å²) in [5.74, 6) is 0.705. The van der Waals surface area contributed by atoms with Gasteiger partial charge in [-0.2, -0.15) is 0 Å². The summed E-state index contributed by atoms with van der Waals surface area (Å²) >= 11 is 0. The lowest BCUT2D eigenvalue weighted by Gasteiger charge is -2.30. The highest BCUT2D eigenvalue weighted by molar-refractivity contribution is 5.97. The Morgan fingerprint density at radius 1 is 1.33 bits per heavy atom. The normalized spacial score (nSPS) is 13.6. The number of aromatic nitrogens is 1. The summed E-state index contributed by atoms with van der Waals surface area (Å²) in [5, 5.41) is 2.93. The number of methoxy groups -OCH3 is 1. The molecular weight excluding hydrogens is 308 g/mol. The van der Waals surface area contributed by atoms with Crippen molar-refractivity contribution in [3.8, 4) is 5.88 Å². The Hall–Kier alpha value is -1.66. The number of rotatable bonds is 10. The van der Waals surface area contributed by atoms with Crippen LogP contribution in [0.15, 0.2) is 12.1 Å². The van der Waals surface area contributed by atoms with E-state index in [1.165, 1.54) is 0 Å². The molecule has 0 unspecified atom stereocenters. The van der Waals surface area contributed by atoms with Crippen LogP contribution in [-0.4, -0.2) is 43.4 Å². The van der Waals surface area contributed by atoms with Gasteiger partial charge in [0.05, 0.1) is 18.0 Å². The quantitative estimate of drug-likeness (QED) is 0.664. The van der Waals surface area contributed by atoms with Crippen molar-refractivity contribution in [1.82, 2.24) is 4.98 Å². The van der Waals surface area contributed by atoms with Gasteiger partial charge >= 0.3 is 0 Å². The van der Waals surface area contributed by atoms with Gasteiger partial charge in [-0.3, -0.25) is 4.79 Å². The van der Waals surface area contributed by atoms with Gasteiger partial charge in [-0.25, -0.2) is 4.98 Å². The van der Waals surface area contributed by atoms with Crippen molar-refractivity contribution in [1.29, 1.82) is 0 Å². The third kappa shape index (κ3) is 6.09. The second-order valence-electron chi connectivity index (χ2n) is 6.34. The second-order valence-corrected chi connectivity index (χ2v) is 6.34. The van der Waals surface area contributed by atoms with Crippen molar-refractivity contribution >= 4 is 11.6 Å². The molecule has 1 rings (SSSR count). The number of anilines is 1. The summed E-state index contributed by atoms with van der Waals surface area (Å²) in [5.41, 5.74) is 0.499. The van der Waals surface area contributed by atoms with E-state index in [9.17, 15) is 4.79 Å². The van der Waals surface area contributed by atoms with E-state index >= 15 is 0 Å². The molecule has 1 amide bonds. The van der Waals surface area contributed by atoms with Gasteiger partial charge in [0.1, 0.15) is 12.2 Å². The number of nitrogens with zero attached hydrogens (tertiary/aromatic N) is 1. The lowest BCUT2D eigenvalue weighted by molar-refractivity contribution is -0.140. The van der Waals surface area contributed by atoms with Crippen LogP contribution in [0.3, 0.4) is 0 Å². The first-order valence-electron chi connectivity index (χ1n) is 8.37. The molecule has 1 aromatic heterocycles. The number of amides is 1. The van der Waals surface area contributed by atoms with E-state index in [1.54, 1.807) is 19.2 Å². The summed E-state index contributed by atoms with van der Waals surface area (Å²) in [7, 11) is 1.62. The third-order valence-corrected chi connectivity index (χ3v) is 3.59. The molecule has 0 aliphatic carbocycles. The van der Waals surface area contributed by atoms with E-state index in [0.717, 1.165) is 0 Å². The van der Waals surface area contributed by atoms with Gasteiger partial charge < -0.3 is 19.5 Å². The molecule has 0 radical (unpaired) electrons. The number of nitrogens with one attached hydrogen (secondary N) is 1. The topological polar surface area (TPSA) is 69.7 Å². The van der Waals surface area contributed by atoms with E-state index in [-0.39, 0.29) is 5.91 Å². The monoisotopic (exact) mass is 338 g/mol. The van der Waals surface area contributed by atoms with Crippen LogP contribution in [0, 0.1) is 12.8 Å². The first kappa shape index (κ1) is 20.4. The Kier molecular flexibility index (Phi) is 8.15. The van der Waals surface area contributed by atoms with Crippen molar-refractivity contribution in [2.24, 2.45) is 5.92 Å². The first-order valence-corrected chi connectivity index (χ1v) is 8.37. The maximum Gasteiger partial charge on any atom is 0.256 e. The van der Waals surface area contributed by atoms with Crippen molar-refractivity contribution in [2.45, 2.75) is 46.6 Å². The zero-order chi connectivity index (χ0) is 18.2. The minimum atomic E-state index is -0.858. The van der Waals surface area contributed by atoms with Crippen LogP contribution < -0.4 is 10.1 Å². The molecule has 1 N–H and O–H groups in total. The molecule has 0 bridgehead atoms. The molecular formula is C18H30N2O4. The average Bonchev–Trinajstić information content (AvgIpc) is 2.49. The van der Waals surface area contributed by atoms with E-state index in [4.69, 9.17) is 14.2 Å². The molecule has 1 aromatic rings. The molecule has 6 heteroatoms. The molecule has 0 aromatic carbocycles. The standard InChI is InChI=1S/C18H30N2O4/c1-7-24-18(5,12-13(2)3)17(21)20-15-8-9-16(19-14(15)4)23-11-10-22-6/h8-9,13H,7,10-12H2,1-6H3,(H,20,21)/t18-/m0/s1. The Labute approximate surface area is 144 Å². The van der Waals surface area contributed by atoms with Crippen LogP contribution in [0.2, 0.25) is 0 Å². The van der Waals surface area contributed by atoms with Crippen molar-refractivity contribution in [3.05, 3.63) is 17.8 Å². The molecule has 0 saturated carbocycles. The summed E-state index contributed by atoms with van der Waals surface area (Å²) in [4.78, 5) is 17.0. The molecule has 136 valence electrons. The van der Waals surface area contributed by atoms with Crippen LogP contribution in [0.1, 0.15) is 39.8 Å². The van der Waals surface area contributed by atoms with Gasteiger partial charge in [-0.1, -0.05) is 13.8 Å². The van der Waals surface area contributed by atoms with Gasteiger partial charge in [0.15, 0.2) is 0 Å². The fraction of sp³-hybridized carbons (Fsp3) is 0.667. The van der Waals surface area contributed by atoms with E-state index in [2.05, 4.69) is 24.1 Å². The first-order chi connectivity index (χ1) is 11.3. The van der Waals surface area contributed by atoms with Crippen molar-refractivity contribution < 1.29 is 19.0 Å².